The van der Waals surface area contributed by atoms with Crippen LogP contribution in [0.25, 0.3) is 11.0 Å². The van der Waals surface area contributed by atoms with Crippen LogP contribution in [0.4, 0.5) is 0 Å². The highest BCUT2D eigenvalue weighted by atomic mass is 16.5. The maximum absolute atomic E-state index is 12.8. The van der Waals surface area contributed by atoms with Crippen molar-refractivity contribution in [1.82, 2.24) is 5.32 Å². The van der Waals surface area contributed by atoms with Gasteiger partial charge in [0, 0.05) is 5.39 Å². The van der Waals surface area contributed by atoms with Crippen LogP contribution < -0.4 is 15.6 Å². The molecule has 2 N–H and O–H groups in total. The average molecular weight is 364 g/mol. The zero-order chi connectivity index (χ0) is 19.6. The SMILES string of the molecule is CCOc1cccc2cc(C(=O)NC(C)c3cc(C)ccc3C)c(=N)oc12. The Hall–Kier alpha value is -3.08. The van der Waals surface area contributed by atoms with E-state index in [9.17, 15) is 4.79 Å². The van der Waals surface area contributed by atoms with E-state index in [1.807, 2.05) is 52.0 Å². The molecule has 0 aliphatic rings. The van der Waals surface area contributed by atoms with Gasteiger partial charge in [0.1, 0.15) is 5.56 Å². The topological polar surface area (TPSA) is 75.3 Å². The molecule has 5 nitrogen and oxygen atoms in total. The molecule has 0 fully saturated rings. The summed E-state index contributed by atoms with van der Waals surface area (Å²) in [5.41, 5.74) is 3.81. The Morgan fingerprint density at radius 1 is 1.22 bits per heavy atom. The molecular formula is C22H24N2O3. The molecule has 0 saturated heterocycles. The summed E-state index contributed by atoms with van der Waals surface area (Å²) in [4.78, 5) is 12.8. The highest BCUT2D eigenvalue weighted by molar-refractivity contribution is 5.97. The summed E-state index contributed by atoms with van der Waals surface area (Å²) in [6.45, 7) is 8.37. The van der Waals surface area contributed by atoms with Gasteiger partial charge in [0.25, 0.3) is 5.91 Å². The Balaban J connectivity index is 1.93. The average Bonchev–Trinajstić information content (AvgIpc) is 2.63. The lowest BCUT2D eigenvalue weighted by Gasteiger charge is -2.17. The molecule has 0 aliphatic carbocycles. The fourth-order valence-electron chi connectivity index (χ4n) is 3.15. The fraction of sp³-hybridized carbons (Fsp3) is 0.273. The molecule has 27 heavy (non-hydrogen) atoms. The summed E-state index contributed by atoms with van der Waals surface area (Å²) < 4.78 is 11.2. The van der Waals surface area contributed by atoms with Crippen molar-refractivity contribution < 1.29 is 13.9 Å². The fourth-order valence-corrected chi connectivity index (χ4v) is 3.15. The van der Waals surface area contributed by atoms with Gasteiger partial charge in [0.05, 0.1) is 12.6 Å². The van der Waals surface area contributed by atoms with Crippen molar-refractivity contribution in [3.63, 3.8) is 0 Å². The van der Waals surface area contributed by atoms with Crippen LogP contribution in [-0.2, 0) is 0 Å². The van der Waals surface area contributed by atoms with E-state index >= 15 is 0 Å². The van der Waals surface area contributed by atoms with Crippen molar-refractivity contribution in [1.29, 1.82) is 5.41 Å². The van der Waals surface area contributed by atoms with Gasteiger partial charge in [-0.1, -0.05) is 35.9 Å². The number of hydrogen-bond acceptors (Lipinski definition) is 4. The van der Waals surface area contributed by atoms with E-state index in [2.05, 4.69) is 11.4 Å². The Kier molecular flexibility index (Phi) is 5.31. The second kappa shape index (κ2) is 7.66. The molecule has 5 heteroatoms. The number of fused-ring (bicyclic) bond motifs is 1. The molecule has 2 aromatic carbocycles. The molecule has 1 heterocycles. The molecule has 0 saturated carbocycles. The third kappa shape index (κ3) is 3.87. The second-order valence-corrected chi connectivity index (χ2v) is 6.65. The van der Waals surface area contributed by atoms with Crippen molar-refractivity contribution in [2.75, 3.05) is 6.61 Å². The van der Waals surface area contributed by atoms with E-state index in [1.54, 1.807) is 12.1 Å². The Labute approximate surface area is 158 Å². The number of carbonyl (C=O) groups is 1. The minimum atomic E-state index is -0.333. The van der Waals surface area contributed by atoms with Crippen molar-refractivity contribution in [2.24, 2.45) is 0 Å². The van der Waals surface area contributed by atoms with Gasteiger partial charge in [-0.2, -0.15) is 0 Å². The largest absolute Gasteiger partial charge is 0.490 e. The highest BCUT2D eigenvalue weighted by Crippen LogP contribution is 2.25. The summed E-state index contributed by atoms with van der Waals surface area (Å²) in [6.07, 6.45) is 0. The van der Waals surface area contributed by atoms with Gasteiger partial charge >= 0.3 is 0 Å². The first-order valence-corrected chi connectivity index (χ1v) is 9.03. The molecule has 3 aromatic rings. The lowest BCUT2D eigenvalue weighted by Crippen LogP contribution is -2.31. The van der Waals surface area contributed by atoms with Gasteiger partial charge < -0.3 is 14.5 Å². The van der Waals surface area contributed by atoms with Crippen LogP contribution in [0.3, 0.4) is 0 Å². The van der Waals surface area contributed by atoms with Crippen LogP contribution in [0, 0.1) is 19.3 Å². The van der Waals surface area contributed by atoms with E-state index in [0.29, 0.717) is 17.9 Å². The Morgan fingerprint density at radius 2 is 2.00 bits per heavy atom. The molecular weight excluding hydrogens is 340 g/mol. The molecule has 1 atom stereocenters. The number of nitrogens with one attached hydrogen (secondary N) is 2. The Bertz CT molecular complexity index is 1050. The number of hydrogen-bond donors (Lipinski definition) is 2. The Morgan fingerprint density at radius 3 is 2.74 bits per heavy atom. The zero-order valence-electron chi connectivity index (χ0n) is 16.1. The van der Waals surface area contributed by atoms with E-state index in [4.69, 9.17) is 14.6 Å². The minimum Gasteiger partial charge on any atom is -0.490 e. The number of para-hydroxylation sites is 1. The van der Waals surface area contributed by atoms with Crippen molar-refractivity contribution >= 4 is 16.9 Å². The molecule has 1 aromatic heterocycles. The standard InChI is InChI=1S/C22H24N2O3/c1-5-26-19-8-6-7-16-12-18(21(23)27-20(16)19)22(25)24-15(4)17-11-13(2)9-10-14(17)3/h6-12,15,23H,5H2,1-4H3,(H,24,25). The predicted octanol–water partition coefficient (Wildman–Crippen LogP) is 4.42. The number of ether oxygens (including phenoxy) is 1. The van der Waals surface area contributed by atoms with Crippen LogP contribution in [-0.4, -0.2) is 12.5 Å². The summed E-state index contributed by atoms with van der Waals surface area (Å²) in [5.74, 6) is 0.236. The van der Waals surface area contributed by atoms with E-state index < -0.39 is 0 Å². The lowest BCUT2D eigenvalue weighted by molar-refractivity contribution is 0.0935. The normalized spacial score (nSPS) is 12.0. The van der Waals surface area contributed by atoms with Gasteiger partial charge in [-0.15, -0.1) is 0 Å². The first kappa shape index (κ1) is 18.7. The van der Waals surface area contributed by atoms with Crippen LogP contribution >= 0.6 is 0 Å². The molecule has 3 rings (SSSR count). The van der Waals surface area contributed by atoms with Crippen LogP contribution in [0.15, 0.2) is 46.9 Å². The molecule has 0 bridgehead atoms. The predicted molar refractivity (Wildman–Crippen MR) is 105 cm³/mol. The van der Waals surface area contributed by atoms with Gasteiger partial charge in [-0.25, -0.2) is 0 Å². The second-order valence-electron chi connectivity index (χ2n) is 6.65. The van der Waals surface area contributed by atoms with E-state index in [-0.39, 0.29) is 23.1 Å². The van der Waals surface area contributed by atoms with Gasteiger partial charge in [-0.05, 0) is 51.0 Å². The zero-order valence-corrected chi connectivity index (χ0v) is 16.1. The summed E-state index contributed by atoms with van der Waals surface area (Å²) in [7, 11) is 0. The third-order valence-electron chi connectivity index (χ3n) is 4.55. The monoisotopic (exact) mass is 364 g/mol. The van der Waals surface area contributed by atoms with Crippen LogP contribution in [0.5, 0.6) is 5.75 Å². The number of benzene rings is 2. The lowest BCUT2D eigenvalue weighted by atomic mass is 10.00. The van der Waals surface area contributed by atoms with Crippen LogP contribution in [0.1, 0.15) is 46.9 Å². The third-order valence-corrected chi connectivity index (χ3v) is 4.55. The van der Waals surface area contributed by atoms with Gasteiger partial charge in [0.15, 0.2) is 11.3 Å². The van der Waals surface area contributed by atoms with E-state index in [1.165, 1.54) is 0 Å². The molecule has 140 valence electrons. The molecule has 1 unspecified atom stereocenters. The minimum absolute atomic E-state index is 0.178. The number of aryl methyl sites for hydroxylation is 2. The number of amides is 1. The number of carbonyl (C=O) groups excluding carboxylic acids is 1. The molecule has 0 spiro atoms. The summed E-state index contributed by atoms with van der Waals surface area (Å²) >= 11 is 0. The highest BCUT2D eigenvalue weighted by Gasteiger charge is 2.17. The number of rotatable bonds is 5. The summed E-state index contributed by atoms with van der Waals surface area (Å²) in [6, 6.07) is 13.1. The maximum Gasteiger partial charge on any atom is 0.257 e. The quantitative estimate of drug-likeness (QED) is 0.704. The van der Waals surface area contributed by atoms with Gasteiger partial charge in [0.2, 0.25) is 5.55 Å². The smallest absolute Gasteiger partial charge is 0.257 e. The van der Waals surface area contributed by atoms with Crippen molar-refractivity contribution in [3.05, 3.63) is 70.3 Å². The maximum atomic E-state index is 12.8. The van der Waals surface area contributed by atoms with Crippen molar-refractivity contribution in [2.45, 2.75) is 33.7 Å². The van der Waals surface area contributed by atoms with Crippen LogP contribution in [0.2, 0.25) is 0 Å². The molecule has 0 aliphatic heterocycles. The van der Waals surface area contributed by atoms with Crippen molar-refractivity contribution in [3.8, 4) is 5.75 Å². The van der Waals surface area contributed by atoms with Gasteiger partial charge in [-0.3, -0.25) is 10.2 Å². The first-order valence-electron chi connectivity index (χ1n) is 9.03. The van der Waals surface area contributed by atoms with E-state index in [0.717, 1.165) is 22.1 Å². The molecule has 0 radical (unpaired) electrons. The summed E-state index contributed by atoms with van der Waals surface area (Å²) in [5, 5.41) is 11.9. The first-order chi connectivity index (χ1) is 12.9. The molecule has 1 amide bonds.